The summed E-state index contributed by atoms with van der Waals surface area (Å²) in [5.74, 6) is 1.06. The van der Waals surface area contributed by atoms with E-state index in [4.69, 9.17) is 4.74 Å². The van der Waals surface area contributed by atoms with Gasteiger partial charge in [0.1, 0.15) is 6.10 Å². The van der Waals surface area contributed by atoms with Crippen molar-refractivity contribution in [2.75, 3.05) is 24.4 Å². The minimum atomic E-state index is -3.26. The second-order valence-electron chi connectivity index (χ2n) is 7.84. The summed E-state index contributed by atoms with van der Waals surface area (Å²) in [6.45, 7) is 1.47. The standard InChI is InChI=1S/C19H27N3O4S/c1-21(27(24,25)17-6-7-17)15-5-8-18(20-13-15)26-16-9-11-22(12-10-16)19(23)14-3-2-4-14/h5,8,13-14,16-17H,2-4,6-7,9-12H2,1H3. The van der Waals surface area contributed by atoms with Gasteiger partial charge in [-0.05, 0) is 31.7 Å². The van der Waals surface area contributed by atoms with Gasteiger partial charge >= 0.3 is 0 Å². The van der Waals surface area contributed by atoms with Crippen molar-refractivity contribution in [1.29, 1.82) is 0 Å². The van der Waals surface area contributed by atoms with Gasteiger partial charge in [-0.25, -0.2) is 13.4 Å². The van der Waals surface area contributed by atoms with Crippen LogP contribution >= 0.6 is 0 Å². The smallest absolute Gasteiger partial charge is 0.237 e. The van der Waals surface area contributed by atoms with E-state index < -0.39 is 10.0 Å². The molecule has 0 radical (unpaired) electrons. The molecule has 3 fully saturated rings. The Bertz CT molecular complexity index is 780. The zero-order valence-electron chi connectivity index (χ0n) is 15.7. The van der Waals surface area contributed by atoms with Crippen molar-refractivity contribution in [1.82, 2.24) is 9.88 Å². The second-order valence-corrected chi connectivity index (χ2v) is 10.1. The van der Waals surface area contributed by atoms with Gasteiger partial charge in [0.25, 0.3) is 0 Å². The highest BCUT2D eigenvalue weighted by Crippen LogP contribution is 2.33. The molecule has 0 bridgehead atoms. The maximum Gasteiger partial charge on any atom is 0.237 e. The minimum Gasteiger partial charge on any atom is -0.474 e. The van der Waals surface area contributed by atoms with Crippen molar-refractivity contribution in [3.63, 3.8) is 0 Å². The Morgan fingerprint density at radius 3 is 2.37 bits per heavy atom. The Balaban J connectivity index is 1.29. The van der Waals surface area contributed by atoms with E-state index in [-0.39, 0.29) is 17.3 Å². The highest BCUT2D eigenvalue weighted by Gasteiger charge is 2.39. The molecule has 0 atom stereocenters. The van der Waals surface area contributed by atoms with Crippen molar-refractivity contribution < 1.29 is 17.9 Å². The van der Waals surface area contributed by atoms with Crippen LogP contribution in [0.5, 0.6) is 5.88 Å². The first-order chi connectivity index (χ1) is 12.9. The van der Waals surface area contributed by atoms with Gasteiger partial charge in [0, 0.05) is 45.0 Å². The van der Waals surface area contributed by atoms with E-state index in [1.54, 1.807) is 25.4 Å². The second kappa shape index (κ2) is 7.30. The Kier molecular flexibility index (Phi) is 5.01. The molecular weight excluding hydrogens is 366 g/mol. The van der Waals surface area contributed by atoms with Crippen molar-refractivity contribution in [3.8, 4) is 5.88 Å². The number of aromatic nitrogens is 1. The molecule has 8 heteroatoms. The zero-order chi connectivity index (χ0) is 19.0. The quantitative estimate of drug-likeness (QED) is 0.740. The lowest BCUT2D eigenvalue weighted by Gasteiger charge is -2.36. The van der Waals surface area contributed by atoms with Crippen LogP contribution < -0.4 is 9.04 Å². The van der Waals surface area contributed by atoms with E-state index in [9.17, 15) is 13.2 Å². The van der Waals surface area contributed by atoms with Crippen LogP contribution in [0.25, 0.3) is 0 Å². The van der Waals surface area contributed by atoms with Crippen LogP contribution in [0.2, 0.25) is 0 Å². The molecule has 4 rings (SSSR count). The number of sulfonamides is 1. The van der Waals surface area contributed by atoms with Crippen LogP contribution in [0, 0.1) is 5.92 Å². The summed E-state index contributed by atoms with van der Waals surface area (Å²) < 4.78 is 31.8. The number of likely N-dealkylation sites (tertiary alicyclic amines) is 1. The van der Waals surface area contributed by atoms with Crippen LogP contribution in [-0.4, -0.2) is 55.7 Å². The van der Waals surface area contributed by atoms with Crippen LogP contribution in [-0.2, 0) is 14.8 Å². The normalized spacial score (nSPS) is 21.6. The van der Waals surface area contributed by atoms with E-state index >= 15 is 0 Å². The van der Waals surface area contributed by atoms with E-state index in [1.807, 2.05) is 4.90 Å². The fraction of sp³-hybridized carbons (Fsp3) is 0.684. The molecule has 0 aromatic carbocycles. The van der Waals surface area contributed by atoms with E-state index in [0.29, 0.717) is 17.5 Å². The lowest BCUT2D eigenvalue weighted by Crippen LogP contribution is -2.45. The summed E-state index contributed by atoms with van der Waals surface area (Å²) >= 11 is 0. The van der Waals surface area contributed by atoms with Gasteiger partial charge in [0.2, 0.25) is 21.8 Å². The number of amides is 1. The zero-order valence-corrected chi connectivity index (χ0v) is 16.5. The van der Waals surface area contributed by atoms with Crippen molar-refractivity contribution in [3.05, 3.63) is 18.3 Å². The molecule has 148 valence electrons. The molecule has 0 N–H and O–H groups in total. The summed E-state index contributed by atoms with van der Waals surface area (Å²) in [6, 6.07) is 3.46. The molecule has 1 aromatic heterocycles. The van der Waals surface area contributed by atoms with Crippen molar-refractivity contribution in [2.24, 2.45) is 5.92 Å². The van der Waals surface area contributed by atoms with Crippen LogP contribution in [0.1, 0.15) is 44.9 Å². The fourth-order valence-electron chi connectivity index (χ4n) is 3.64. The van der Waals surface area contributed by atoms with Gasteiger partial charge < -0.3 is 9.64 Å². The van der Waals surface area contributed by atoms with Crippen LogP contribution in [0.4, 0.5) is 5.69 Å². The molecule has 27 heavy (non-hydrogen) atoms. The fourth-order valence-corrected chi connectivity index (χ4v) is 5.22. The summed E-state index contributed by atoms with van der Waals surface area (Å²) in [5, 5.41) is -0.244. The number of rotatable bonds is 6. The molecule has 2 saturated carbocycles. The number of carbonyl (C=O) groups excluding carboxylic acids is 1. The predicted octanol–water partition coefficient (Wildman–Crippen LogP) is 2.18. The lowest BCUT2D eigenvalue weighted by atomic mass is 9.84. The van der Waals surface area contributed by atoms with Gasteiger partial charge in [-0.15, -0.1) is 0 Å². The van der Waals surface area contributed by atoms with E-state index in [1.165, 1.54) is 10.7 Å². The number of nitrogens with zero attached hydrogens (tertiary/aromatic N) is 3. The van der Waals surface area contributed by atoms with E-state index in [0.717, 1.165) is 51.6 Å². The van der Waals surface area contributed by atoms with Gasteiger partial charge in [-0.3, -0.25) is 9.10 Å². The number of carbonyl (C=O) groups is 1. The molecule has 1 saturated heterocycles. The van der Waals surface area contributed by atoms with Crippen molar-refractivity contribution in [2.45, 2.75) is 56.3 Å². The third-order valence-corrected chi connectivity index (χ3v) is 8.20. The molecule has 1 aromatic rings. The molecule has 7 nitrogen and oxygen atoms in total. The van der Waals surface area contributed by atoms with Gasteiger partial charge in [-0.2, -0.15) is 0 Å². The van der Waals surface area contributed by atoms with Crippen molar-refractivity contribution >= 4 is 21.6 Å². The van der Waals surface area contributed by atoms with Gasteiger partial charge in [0.05, 0.1) is 17.1 Å². The first kappa shape index (κ1) is 18.5. The SMILES string of the molecule is CN(c1ccc(OC2CCN(C(=O)C3CCC3)CC2)nc1)S(=O)(=O)C1CC1. The minimum absolute atomic E-state index is 0.0433. The van der Waals surface area contributed by atoms with Gasteiger partial charge in [0.15, 0.2) is 0 Å². The number of hydrogen-bond acceptors (Lipinski definition) is 5. The number of pyridine rings is 1. The average Bonchev–Trinajstić information content (AvgIpc) is 3.46. The summed E-state index contributed by atoms with van der Waals surface area (Å²) in [6.07, 6.45) is 7.93. The summed E-state index contributed by atoms with van der Waals surface area (Å²) in [4.78, 5) is 18.6. The highest BCUT2D eigenvalue weighted by atomic mass is 32.2. The summed E-state index contributed by atoms with van der Waals surface area (Å²) in [5.41, 5.74) is 0.551. The topological polar surface area (TPSA) is 79.8 Å². The van der Waals surface area contributed by atoms with Crippen LogP contribution in [0.3, 0.4) is 0 Å². The molecular formula is C19H27N3O4S. The monoisotopic (exact) mass is 393 g/mol. The largest absolute Gasteiger partial charge is 0.474 e. The number of anilines is 1. The number of ether oxygens (including phenoxy) is 1. The van der Waals surface area contributed by atoms with E-state index in [2.05, 4.69) is 4.98 Å². The Morgan fingerprint density at radius 1 is 1.15 bits per heavy atom. The molecule has 1 aliphatic heterocycles. The predicted molar refractivity (Wildman–Crippen MR) is 102 cm³/mol. The maximum absolute atomic E-state index is 12.3. The third-order valence-electron chi connectivity index (χ3n) is 5.91. The summed E-state index contributed by atoms with van der Waals surface area (Å²) in [7, 11) is -1.69. The molecule has 0 spiro atoms. The molecule has 2 heterocycles. The van der Waals surface area contributed by atoms with Crippen LogP contribution in [0.15, 0.2) is 18.3 Å². The van der Waals surface area contributed by atoms with Gasteiger partial charge in [-0.1, -0.05) is 6.42 Å². The Labute approximate surface area is 160 Å². The first-order valence-corrected chi connectivity index (χ1v) is 11.3. The molecule has 3 aliphatic rings. The maximum atomic E-state index is 12.3. The molecule has 0 unspecified atom stereocenters. The highest BCUT2D eigenvalue weighted by molar-refractivity contribution is 7.93. The average molecular weight is 394 g/mol. The Morgan fingerprint density at radius 2 is 1.85 bits per heavy atom. The number of hydrogen-bond donors (Lipinski definition) is 0. The Hall–Kier alpha value is -1.83. The number of piperidine rings is 1. The molecule has 2 aliphatic carbocycles. The first-order valence-electron chi connectivity index (χ1n) is 9.84. The molecule has 1 amide bonds. The lowest BCUT2D eigenvalue weighted by molar-refractivity contribution is -0.140. The third kappa shape index (κ3) is 3.90.